The summed E-state index contributed by atoms with van der Waals surface area (Å²) in [5, 5.41) is 0.946. The molecular formula is C14H13N3S. The average molecular weight is 255 g/mol. The lowest BCUT2D eigenvalue weighted by molar-refractivity contribution is 1.06. The first-order valence-corrected chi connectivity index (χ1v) is 6.79. The van der Waals surface area contributed by atoms with Gasteiger partial charge in [0.1, 0.15) is 0 Å². The van der Waals surface area contributed by atoms with E-state index in [-0.39, 0.29) is 0 Å². The van der Waals surface area contributed by atoms with E-state index in [4.69, 9.17) is 0 Å². The van der Waals surface area contributed by atoms with Crippen LogP contribution in [-0.2, 0) is 5.75 Å². The Bertz CT molecular complexity index is 642. The van der Waals surface area contributed by atoms with Crippen LogP contribution >= 0.6 is 11.8 Å². The number of nitrogens with one attached hydrogen (secondary N) is 1. The summed E-state index contributed by atoms with van der Waals surface area (Å²) in [5.41, 5.74) is 4.43. The second-order valence-corrected chi connectivity index (χ2v) is 5.08. The van der Waals surface area contributed by atoms with E-state index in [1.807, 2.05) is 36.5 Å². The number of hydrogen-bond acceptors (Lipinski definition) is 3. The number of para-hydroxylation sites is 2. The second-order valence-electron chi connectivity index (χ2n) is 4.11. The number of H-pyrrole nitrogens is 1. The fraction of sp³-hybridized carbons (Fsp3) is 0.143. The van der Waals surface area contributed by atoms with E-state index in [2.05, 4.69) is 27.9 Å². The predicted octanol–water partition coefficient (Wildman–Crippen LogP) is 3.56. The molecule has 0 saturated carbocycles. The highest BCUT2D eigenvalue weighted by Crippen LogP contribution is 2.23. The Morgan fingerprint density at radius 2 is 2.06 bits per heavy atom. The number of imidazole rings is 1. The topological polar surface area (TPSA) is 41.6 Å². The van der Waals surface area contributed by atoms with Gasteiger partial charge in [-0.1, -0.05) is 30.0 Å². The Balaban J connectivity index is 1.79. The summed E-state index contributed by atoms with van der Waals surface area (Å²) in [6.07, 6.45) is 1.83. The molecule has 2 heterocycles. The van der Waals surface area contributed by atoms with E-state index in [1.165, 1.54) is 5.56 Å². The fourth-order valence-corrected chi connectivity index (χ4v) is 2.72. The van der Waals surface area contributed by atoms with Gasteiger partial charge in [-0.05, 0) is 30.7 Å². The third-order valence-corrected chi connectivity index (χ3v) is 3.72. The van der Waals surface area contributed by atoms with Crippen LogP contribution in [0.2, 0.25) is 0 Å². The Morgan fingerprint density at radius 3 is 2.89 bits per heavy atom. The molecule has 0 aliphatic rings. The number of fused-ring (bicyclic) bond motifs is 1. The van der Waals surface area contributed by atoms with Crippen molar-refractivity contribution in [2.24, 2.45) is 0 Å². The van der Waals surface area contributed by atoms with Crippen LogP contribution in [-0.4, -0.2) is 15.0 Å². The summed E-state index contributed by atoms with van der Waals surface area (Å²) in [6.45, 7) is 2.08. The summed E-state index contributed by atoms with van der Waals surface area (Å²) < 4.78 is 0. The van der Waals surface area contributed by atoms with E-state index in [9.17, 15) is 0 Å². The highest BCUT2D eigenvalue weighted by atomic mass is 32.2. The molecule has 2 aromatic heterocycles. The van der Waals surface area contributed by atoms with Crippen molar-refractivity contribution in [3.8, 4) is 0 Å². The maximum Gasteiger partial charge on any atom is 0.166 e. The minimum absolute atomic E-state index is 0.840. The van der Waals surface area contributed by atoms with Crippen LogP contribution in [0.4, 0.5) is 0 Å². The lowest BCUT2D eigenvalue weighted by Gasteiger charge is -2.01. The smallest absolute Gasteiger partial charge is 0.166 e. The maximum atomic E-state index is 4.54. The molecule has 1 N–H and O–H groups in total. The molecule has 4 heteroatoms. The summed E-state index contributed by atoms with van der Waals surface area (Å²) in [5.74, 6) is 0.840. The number of benzene rings is 1. The SMILES string of the molecule is Cc1cccnc1CSc1nc2ccccc2[nH]1. The molecule has 1 aromatic carbocycles. The molecule has 0 radical (unpaired) electrons. The van der Waals surface area contributed by atoms with Crippen LogP contribution in [0, 0.1) is 6.92 Å². The molecule has 3 aromatic rings. The molecule has 0 fully saturated rings. The molecule has 0 bridgehead atoms. The molecule has 3 rings (SSSR count). The largest absolute Gasteiger partial charge is 0.333 e. The number of nitrogens with zero attached hydrogens (tertiary/aromatic N) is 2. The quantitative estimate of drug-likeness (QED) is 0.728. The van der Waals surface area contributed by atoms with Gasteiger partial charge in [0.25, 0.3) is 0 Å². The molecule has 0 aliphatic heterocycles. The first-order valence-electron chi connectivity index (χ1n) is 5.81. The van der Waals surface area contributed by atoms with Crippen LogP contribution < -0.4 is 0 Å². The van der Waals surface area contributed by atoms with E-state index in [0.717, 1.165) is 27.6 Å². The first kappa shape index (κ1) is 11.3. The number of hydrogen-bond donors (Lipinski definition) is 1. The van der Waals surface area contributed by atoms with Gasteiger partial charge in [-0.15, -0.1) is 0 Å². The number of thioether (sulfide) groups is 1. The second kappa shape index (κ2) is 4.82. The Hall–Kier alpha value is -1.81. The molecule has 0 unspecified atom stereocenters. The highest BCUT2D eigenvalue weighted by Gasteiger charge is 2.04. The van der Waals surface area contributed by atoms with Crippen molar-refractivity contribution in [2.75, 3.05) is 0 Å². The van der Waals surface area contributed by atoms with Crippen molar-refractivity contribution >= 4 is 22.8 Å². The zero-order valence-electron chi connectivity index (χ0n) is 10.1. The Morgan fingerprint density at radius 1 is 1.17 bits per heavy atom. The Kier molecular flexibility index (Phi) is 3.02. The van der Waals surface area contributed by atoms with Gasteiger partial charge in [0.15, 0.2) is 5.16 Å². The third-order valence-electron chi connectivity index (χ3n) is 2.83. The summed E-state index contributed by atoms with van der Waals surface area (Å²) >= 11 is 1.68. The standard InChI is InChI=1S/C14H13N3S/c1-10-5-4-8-15-13(10)9-18-14-16-11-6-2-3-7-12(11)17-14/h2-8H,9H2,1H3,(H,16,17). The summed E-state index contributed by atoms with van der Waals surface area (Å²) in [7, 11) is 0. The normalized spacial score (nSPS) is 10.9. The summed E-state index contributed by atoms with van der Waals surface area (Å²) in [6, 6.07) is 12.1. The van der Waals surface area contributed by atoms with E-state index in [0.29, 0.717) is 0 Å². The molecule has 0 aliphatic carbocycles. The average Bonchev–Trinajstić information content (AvgIpc) is 2.80. The number of aromatic amines is 1. The van der Waals surface area contributed by atoms with Crippen LogP contribution in [0.25, 0.3) is 11.0 Å². The lowest BCUT2D eigenvalue weighted by Crippen LogP contribution is -1.90. The molecule has 0 saturated heterocycles. The van der Waals surface area contributed by atoms with Gasteiger partial charge in [0.05, 0.1) is 16.7 Å². The van der Waals surface area contributed by atoms with Crippen molar-refractivity contribution in [3.63, 3.8) is 0 Å². The monoisotopic (exact) mass is 255 g/mol. The molecular weight excluding hydrogens is 242 g/mol. The molecule has 3 nitrogen and oxygen atoms in total. The van der Waals surface area contributed by atoms with Crippen molar-refractivity contribution in [1.29, 1.82) is 0 Å². The molecule has 18 heavy (non-hydrogen) atoms. The van der Waals surface area contributed by atoms with E-state index < -0.39 is 0 Å². The van der Waals surface area contributed by atoms with Gasteiger partial charge in [-0.25, -0.2) is 4.98 Å². The fourth-order valence-electron chi connectivity index (χ4n) is 1.80. The zero-order chi connectivity index (χ0) is 12.4. The van der Waals surface area contributed by atoms with E-state index >= 15 is 0 Å². The van der Waals surface area contributed by atoms with Crippen molar-refractivity contribution in [2.45, 2.75) is 17.8 Å². The van der Waals surface area contributed by atoms with E-state index in [1.54, 1.807) is 11.8 Å². The number of aromatic nitrogens is 3. The molecule has 0 amide bonds. The summed E-state index contributed by atoms with van der Waals surface area (Å²) in [4.78, 5) is 12.2. The van der Waals surface area contributed by atoms with Gasteiger partial charge in [0.2, 0.25) is 0 Å². The van der Waals surface area contributed by atoms with Crippen LogP contribution in [0.1, 0.15) is 11.3 Å². The molecule has 0 atom stereocenters. The van der Waals surface area contributed by atoms with Crippen molar-refractivity contribution in [1.82, 2.24) is 15.0 Å². The minimum atomic E-state index is 0.840. The zero-order valence-corrected chi connectivity index (χ0v) is 10.9. The third kappa shape index (κ3) is 2.24. The first-order chi connectivity index (χ1) is 8.83. The van der Waals surface area contributed by atoms with Gasteiger partial charge < -0.3 is 4.98 Å². The molecule has 0 spiro atoms. The number of aryl methyl sites for hydroxylation is 1. The number of pyridine rings is 1. The Labute approximate surface area is 110 Å². The van der Waals surface area contributed by atoms with Gasteiger partial charge in [0, 0.05) is 11.9 Å². The van der Waals surface area contributed by atoms with Crippen LogP contribution in [0.15, 0.2) is 47.8 Å². The van der Waals surface area contributed by atoms with Crippen molar-refractivity contribution < 1.29 is 0 Å². The maximum absolute atomic E-state index is 4.54. The van der Waals surface area contributed by atoms with Gasteiger partial charge in [-0.2, -0.15) is 0 Å². The van der Waals surface area contributed by atoms with Crippen molar-refractivity contribution in [3.05, 3.63) is 53.9 Å². The van der Waals surface area contributed by atoms with Gasteiger partial charge in [-0.3, -0.25) is 4.98 Å². The minimum Gasteiger partial charge on any atom is -0.333 e. The predicted molar refractivity (Wildman–Crippen MR) is 74.6 cm³/mol. The molecule has 90 valence electrons. The number of rotatable bonds is 3. The van der Waals surface area contributed by atoms with Crippen LogP contribution in [0.5, 0.6) is 0 Å². The van der Waals surface area contributed by atoms with Gasteiger partial charge >= 0.3 is 0 Å². The van der Waals surface area contributed by atoms with Crippen LogP contribution in [0.3, 0.4) is 0 Å². The highest BCUT2D eigenvalue weighted by molar-refractivity contribution is 7.98. The lowest BCUT2D eigenvalue weighted by atomic mass is 10.2.